The van der Waals surface area contributed by atoms with Crippen LogP contribution in [0.15, 0.2) is 132 Å². The first-order chi connectivity index (χ1) is 54.4. The molecule has 115 heavy (non-hydrogen) atoms. The van der Waals surface area contributed by atoms with E-state index in [0.717, 1.165) is 216 Å². The maximum atomic E-state index is 5.75. The number of fused-ring (bicyclic) bond motifs is 16. The predicted octanol–water partition coefficient (Wildman–Crippen LogP) is 25.4. The second-order valence-electron chi connectivity index (χ2n) is 32.4. The molecule has 1 fully saturated rings. The summed E-state index contributed by atoms with van der Waals surface area (Å²) in [4.78, 5) is 45.9. The molecule has 6 aromatic heterocycles. The summed E-state index contributed by atoms with van der Waals surface area (Å²) >= 11 is 0. The standard InChI is InChI=1S/C105H92N8.2Zn/c1-56-44-62(7)94(63(8)45-56)100-82-32-28-78(106-82)76(79-29-33-83(107-79)101(95-64(9)46-57(2)47-65(95)10)87-37-41-91(111-87)104(90-40-36-86(100)110-90)98-70(15)52-60(5)53-71(98)16)26-24-75(74-22-20-19-21-23-74)25-27-77-80-30-34-84(108-80)102(96-66(11)48-58(3)49-67(96)12)88-38-42-92(112-88)105(99-72(17)54-61(6)55-73(99)18)93-43-39-89(113-93)103(85-35-31-81(77)109-85)97-68(13)50-59(4)51-69(97)14;;/h28-55H,19-23H2,1-18H3;;/q-4;2*+2. The van der Waals surface area contributed by atoms with Gasteiger partial charge < -0.3 is 19.9 Å². The third-order valence-electron chi connectivity index (χ3n) is 23.2. The Bertz CT molecular complexity index is 6210. The maximum absolute atomic E-state index is 5.75. The van der Waals surface area contributed by atoms with Crippen molar-refractivity contribution >= 4 is 92.7 Å². The van der Waals surface area contributed by atoms with Crippen molar-refractivity contribution in [1.82, 2.24) is 39.9 Å². The van der Waals surface area contributed by atoms with Gasteiger partial charge in [0.15, 0.2) is 0 Å². The summed E-state index contributed by atoms with van der Waals surface area (Å²) in [5.41, 5.74) is 49.4. The van der Waals surface area contributed by atoms with Crippen molar-refractivity contribution in [2.75, 3.05) is 0 Å². The van der Waals surface area contributed by atoms with Crippen LogP contribution in [0.5, 0.6) is 0 Å². The minimum absolute atomic E-state index is 0. The Labute approximate surface area is 702 Å². The van der Waals surface area contributed by atoms with Crippen LogP contribution in [0.25, 0.3) is 160 Å². The number of benzene rings is 6. The Morgan fingerprint density at radius 3 is 0.635 bits per heavy atom. The average molecular weight is 1600 g/mol. The first-order valence-electron chi connectivity index (χ1n) is 39.7. The quantitative estimate of drug-likeness (QED) is 0.120. The van der Waals surface area contributed by atoms with Crippen LogP contribution in [-0.4, -0.2) is 19.9 Å². The average Bonchev–Trinajstić information content (AvgIpc) is 1.63. The first-order valence-corrected chi connectivity index (χ1v) is 39.7. The van der Waals surface area contributed by atoms with Crippen molar-refractivity contribution < 1.29 is 39.0 Å². The summed E-state index contributed by atoms with van der Waals surface area (Å²) in [7, 11) is 0. The largest absolute Gasteiger partial charge is 2.00 e. The third kappa shape index (κ3) is 14.6. The van der Waals surface area contributed by atoms with Gasteiger partial charge in [0.05, 0.1) is 51.1 Å². The van der Waals surface area contributed by atoms with Crippen molar-refractivity contribution in [3.05, 3.63) is 289 Å². The van der Waals surface area contributed by atoms with Crippen molar-refractivity contribution in [3.63, 3.8) is 0 Å². The topological polar surface area (TPSA) is 108 Å². The van der Waals surface area contributed by atoms with Crippen LogP contribution in [-0.2, 0) is 39.0 Å². The number of allylic oxidation sites excluding steroid dienone is 2. The summed E-state index contributed by atoms with van der Waals surface area (Å²) in [6, 6.07) is 44.4. The summed E-state index contributed by atoms with van der Waals surface area (Å²) in [5, 5.41) is 0. The van der Waals surface area contributed by atoms with Gasteiger partial charge in [-0.2, -0.15) is 0 Å². The van der Waals surface area contributed by atoms with Crippen molar-refractivity contribution in [2.45, 2.75) is 157 Å². The molecule has 0 N–H and O–H groups in total. The molecular formula is C105H92N8Zn2. The predicted molar refractivity (Wildman–Crippen MR) is 475 cm³/mol. The molecule has 1 aliphatic carbocycles. The molecule has 0 unspecified atom stereocenters. The van der Waals surface area contributed by atoms with E-state index >= 15 is 0 Å². The van der Waals surface area contributed by atoms with E-state index in [1.807, 2.05) is 0 Å². The van der Waals surface area contributed by atoms with Gasteiger partial charge in [-0.25, -0.2) is 19.9 Å². The smallest absolute Gasteiger partial charge is 0.657 e. The number of aryl methyl sites for hydroxylation is 18. The van der Waals surface area contributed by atoms with Gasteiger partial charge >= 0.3 is 39.0 Å². The molecule has 6 aromatic carbocycles. The Morgan fingerprint density at radius 1 is 0.235 bits per heavy atom. The first kappa shape index (κ1) is 78.9. The molecule has 12 aromatic rings. The van der Waals surface area contributed by atoms with Gasteiger partial charge in [-0.15, -0.1) is 44.1 Å². The Hall–Kier alpha value is -11.4. The van der Waals surface area contributed by atoms with Crippen LogP contribution < -0.4 is 19.9 Å². The molecule has 0 amide bonds. The number of rotatable bonds is 6. The molecular weight excluding hydrogens is 1500 g/mol. The molecule has 10 heterocycles. The normalized spacial score (nSPS) is 12.7. The summed E-state index contributed by atoms with van der Waals surface area (Å²) < 4.78 is 0. The molecule has 556 valence electrons. The maximum Gasteiger partial charge on any atom is 2.00 e. The fraction of sp³-hybridized carbons (Fsp3) is 0.219. The zero-order valence-corrected chi connectivity index (χ0v) is 75.6. The van der Waals surface area contributed by atoms with E-state index in [-0.39, 0.29) is 39.0 Å². The van der Waals surface area contributed by atoms with Gasteiger partial charge in [0.1, 0.15) is 0 Å². The van der Waals surface area contributed by atoms with E-state index < -0.39 is 0 Å². The second-order valence-corrected chi connectivity index (χ2v) is 32.4. The van der Waals surface area contributed by atoms with E-state index in [9.17, 15) is 0 Å². The van der Waals surface area contributed by atoms with Crippen LogP contribution in [0.4, 0.5) is 0 Å². The molecule has 16 bridgehead atoms. The molecule has 10 heteroatoms. The number of hydrogen-bond acceptors (Lipinski definition) is 4. The number of hydrogen-bond donors (Lipinski definition) is 0. The summed E-state index contributed by atoms with van der Waals surface area (Å²) in [5.74, 6) is 15.4. The van der Waals surface area contributed by atoms with Gasteiger partial charge in [0, 0.05) is 11.1 Å². The van der Waals surface area contributed by atoms with Gasteiger partial charge in [-0.1, -0.05) is 185 Å². The van der Waals surface area contributed by atoms with Crippen LogP contribution in [0.3, 0.4) is 0 Å². The summed E-state index contributed by atoms with van der Waals surface area (Å²) in [6.07, 6.45) is 22.2. The van der Waals surface area contributed by atoms with Crippen molar-refractivity contribution in [3.8, 4) is 90.4 Å². The molecule has 0 spiro atoms. The van der Waals surface area contributed by atoms with Gasteiger partial charge in [0.2, 0.25) is 0 Å². The van der Waals surface area contributed by atoms with Crippen molar-refractivity contribution in [2.24, 2.45) is 0 Å². The Kier molecular flexibility index (Phi) is 21.6. The van der Waals surface area contributed by atoms with Crippen LogP contribution >= 0.6 is 0 Å². The van der Waals surface area contributed by atoms with Crippen molar-refractivity contribution in [1.29, 1.82) is 0 Å². The minimum atomic E-state index is 0. The molecule has 0 radical (unpaired) electrons. The van der Waals surface area contributed by atoms with Gasteiger partial charge in [-0.05, 0) is 338 Å². The molecule has 1 saturated carbocycles. The zero-order valence-electron chi connectivity index (χ0n) is 69.7. The molecule has 4 aliphatic heterocycles. The molecule has 0 atom stereocenters. The second kappa shape index (κ2) is 31.4. The SMILES string of the molecule is Cc1cc(C)c(-c2c3nc(c(-c4c(C)cc(C)cc4C)c4ccc([n-]4)c(-c4c(C)cc(C)cc4C)c4nc(c(C#CC(C#Cc5c6nc(c(-c7c(C)cc(C)cc7C)c7ccc([n-]7)c(-c7c(C)cc(C)cc7C)c7nc(c(-c8c(C)cc(C)cc8C)c8ccc5[n-]8)C=C7)C=C6)=C5CCCCC5)c5ccc2[n-]5)C=C4)C=C3)c(C)c1.[Zn+2].[Zn+2]. The number of nitrogens with zero attached hydrogens (tertiary/aromatic N) is 8. The van der Waals surface area contributed by atoms with Gasteiger partial charge in [-0.3, -0.25) is 0 Å². The van der Waals surface area contributed by atoms with Gasteiger partial charge in [0.25, 0.3) is 0 Å². The Balaban J connectivity index is 0.00000520. The van der Waals surface area contributed by atoms with Crippen LogP contribution in [0.1, 0.15) is 189 Å². The Morgan fingerprint density at radius 2 is 0.417 bits per heavy atom. The summed E-state index contributed by atoms with van der Waals surface area (Å²) in [6.45, 7) is 39.5. The molecule has 17 rings (SSSR count). The molecule has 0 saturated heterocycles. The number of aromatic nitrogens is 8. The minimum Gasteiger partial charge on any atom is -0.657 e. The fourth-order valence-corrected chi connectivity index (χ4v) is 19.1. The van der Waals surface area contributed by atoms with Crippen LogP contribution in [0, 0.1) is 148 Å². The third-order valence-corrected chi connectivity index (χ3v) is 23.2. The van der Waals surface area contributed by atoms with E-state index in [0.29, 0.717) is 33.5 Å². The molecule has 5 aliphatic rings. The van der Waals surface area contributed by atoms with Crippen LogP contribution in [0.2, 0.25) is 0 Å². The monoisotopic (exact) mass is 1590 g/mol. The molecule has 8 nitrogen and oxygen atoms in total. The van der Waals surface area contributed by atoms with E-state index in [2.05, 4.69) is 318 Å². The fourth-order valence-electron chi connectivity index (χ4n) is 19.1. The van der Waals surface area contributed by atoms with E-state index in [1.165, 1.54) is 61.2 Å². The zero-order chi connectivity index (χ0) is 78.7. The van der Waals surface area contributed by atoms with E-state index in [4.69, 9.17) is 39.9 Å². The van der Waals surface area contributed by atoms with E-state index in [1.54, 1.807) is 0 Å².